The van der Waals surface area contributed by atoms with Crippen LogP contribution in [0.15, 0.2) is 54.6 Å². The van der Waals surface area contributed by atoms with Gasteiger partial charge >= 0.3 is 6.03 Å². The number of rotatable bonds is 1. The molecule has 0 aromatic heterocycles. The fourth-order valence-corrected chi connectivity index (χ4v) is 2.80. The maximum Gasteiger partial charge on any atom is 0.315 e. The minimum absolute atomic E-state index is 0.0661. The number of benzene rings is 2. The van der Waals surface area contributed by atoms with E-state index in [1.54, 1.807) is 4.90 Å². The van der Waals surface area contributed by atoms with E-state index in [0.29, 0.717) is 6.54 Å². The molecule has 3 rings (SSSR count). The second kappa shape index (κ2) is 4.76. The third-order valence-electron chi connectivity index (χ3n) is 3.68. The van der Waals surface area contributed by atoms with Crippen molar-refractivity contribution in [3.63, 3.8) is 0 Å². The van der Waals surface area contributed by atoms with Crippen LogP contribution in [0.1, 0.15) is 22.7 Å². The van der Waals surface area contributed by atoms with Crippen molar-refractivity contribution in [2.24, 2.45) is 5.73 Å². The van der Waals surface area contributed by atoms with Crippen molar-refractivity contribution in [2.75, 3.05) is 6.54 Å². The molecular weight excluding hydrogens is 236 g/mol. The maximum absolute atomic E-state index is 11.7. The number of nitrogens with zero attached hydrogens (tertiary/aromatic N) is 1. The first-order chi connectivity index (χ1) is 9.27. The highest BCUT2D eigenvalue weighted by molar-refractivity contribution is 5.74. The van der Waals surface area contributed by atoms with E-state index in [-0.39, 0.29) is 12.1 Å². The molecule has 96 valence electrons. The van der Waals surface area contributed by atoms with Crippen molar-refractivity contribution in [3.8, 4) is 0 Å². The minimum atomic E-state index is -0.358. The van der Waals surface area contributed by atoms with Gasteiger partial charge in [0.2, 0.25) is 0 Å². The lowest BCUT2D eigenvalue weighted by atomic mass is 9.88. The molecule has 2 aromatic carbocycles. The van der Waals surface area contributed by atoms with E-state index in [9.17, 15) is 4.79 Å². The number of urea groups is 1. The molecular formula is C16H16N2O. The summed E-state index contributed by atoms with van der Waals surface area (Å²) >= 11 is 0. The van der Waals surface area contributed by atoms with Crippen molar-refractivity contribution in [1.82, 2.24) is 4.90 Å². The van der Waals surface area contributed by atoms with Crippen LogP contribution in [0.5, 0.6) is 0 Å². The molecule has 0 bridgehead atoms. The summed E-state index contributed by atoms with van der Waals surface area (Å²) in [7, 11) is 0. The van der Waals surface area contributed by atoms with Gasteiger partial charge in [0.05, 0.1) is 6.04 Å². The summed E-state index contributed by atoms with van der Waals surface area (Å²) in [6, 6.07) is 17.9. The lowest BCUT2D eigenvalue weighted by Gasteiger charge is -2.36. The Bertz CT molecular complexity index is 595. The van der Waals surface area contributed by atoms with Gasteiger partial charge in [-0.25, -0.2) is 4.79 Å². The first-order valence-electron chi connectivity index (χ1n) is 6.46. The molecule has 1 aliphatic rings. The predicted octanol–water partition coefficient (Wildman–Crippen LogP) is 2.71. The lowest BCUT2D eigenvalue weighted by Crippen LogP contribution is -2.43. The van der Waals surface area contributed by atoms with Crippen LogP contribution in [0.2, 0.25) is 0 Å². The van der Waals surface area contributed by atoms with Crippen LogP contribution in [0.25, 0.3) is 0 Å². The molecule has 19 heavy (non-hydrogen) atoms. The van der Waals surface area contributed by atoms with E-state index in [1.165, 1.54) is 11.1 Å². The molecule has 0 aliphatic carbocycles. The Kier molecular flexibility index (Phi) is 2.95. The van der Waals surface area contributed by atoms with Gasteiger partial charge in [0.15, 0.2) is 0 Å². The molecule has 3 heteroatoms. The Morgan fingerprint density at radius 3 is 2.47 bits per heavy atom. The molecule has 1 aliphatic heterocycles. The average molecular weight is 252 g/mol. The Morgan fingerprint density at radius 1 is 1.05 bits per heavy atom. The van der Waals surface area contributed by atoms with E-state index < -0.39 is 0 Å². The molecule has 0 spiro atoms. The molecule has 1 heterocycles. The second-order valence-corrected chi connectivity index (χ2v) is 4.79. The van der Waals surface area contributed by atoms with E-state index in [1.807, 2.05) is 42.5 Å². The van der Waals surface area contributed by atoms with Gasteiger partial charge in [-0.2, -0.15) is 0 Å². The number of amides is 2. The van der Waals surface area contributed by atoms with Crippen LogP contribution in [0.4, 0.5) is 4.79 Å². The van der Waals surface area contributed by atoms with Crippen LogP contribution in [0.3, 0.4) is 0 Å². The summed E-state index contributed by atoms with van der Waals surface area (Å²) in [6.45, 7) is 0.673. The summed E-state index contributed by atoms with van der Waals surface area (Å²) in [6.07, 6.45) is 0.864. The van der Waals surface area contributed by atoms with Gasteiger partial charge in [-0.3, -0.25) is 0 Å². The van der Waals surface area contributed by atoms with Crippen LogP contribution in [-0.2, 0) is 6.42 Å². The van der Waals surface area contributed by atoms with Crippen molar-refractivity contribution in [3.05, 3.63) is 71.3 Å². The third kappa shape index (κ3) is 2.08. The first-order valence-corrected chi connectivity index (χ1v) is 6.46. The molecule has 0 saturated heterocycles. The number of carbonyl (C=O) groups excluding carboxylic acids is 1. The van der Waals surface area contributed by atoms with Gasteiger partial charge < -0.3 is 10.6 Å². The number of hydrogen-bond acceptors (Lipinski definition) is 1. The highest BCUT2D eigenvalue weighted by Crippen LogP contribution is 2.34. The summed E-state index contributed by atoms with van der Waals surface area (Å²) in [5.74, 6) is 0. The monoisotopic (exact) mass is 252 g/mol. The number of nitrogens with two attached hydrogens (primary N) is 1. The average Bonchev–Trinajstić information content (AvgIpc) is 2.46. The zero-order chi connectivity index (χ0) is 13.2. The minimum Gasteiger partial charge on any atom is -0.351 e. The van der Waals surface area contributed by atoms with E-state index in [2.05, 4.69) is 12.1 Å². The van der Waals surface area contributed by atoms with Gasteiger partial charge in [0, 0.05) is 6.54 Å². The summed E-state index contributed by atoms with van der Waals surface area (Å²) in [4.78, 5) is 13.4. The van der Waals surface area contributed by atoms with Crippen molar-refractivity contribution < 1.29 is 4.79 Å². The van der Waals surface area contributed by atoms with Crippen LogP contribution in [0, 0.1) is 0 Å². The van der Waals surface area contributed by atoms with Gasteiger partial charge in [0.1, 0.15) is 0 Å². The Balaban J connectivity index is 2.13. The Morgan fingerprint density at radius 2 is 1.74 bits per heavy atom. The van der Waals surface area contributed by atoms with Gasteiger partial charge in [-0.05, 0) is 23.1 Å². The predicted molar refractivity (Wildman–Crippen MR) is 74.7 cm³/mol. The molecule has 0 saturated carbocycles. The number of fused-ring (bicyclic) bond motifs is 1. The zero-order valence-electron chi connectivity index (χ0n) is 10.6. The van der Waals surface area contributed by atoms with E-state index in [0.717, 1.165) is 12.0 Å². The number of carbonyl (C=O) groups is 1. The van der Waals surface area contributed by atoms with E-state index in [4.69, 9.17) is 5.73 Å². The van der Waals surface area contributed by atoms with Crippen molar-refractivity contribution >= 4 is 6.03 Å². The molecule has 3 nitrogen and oxygen atoms in total. The van der Waals surface area contributed by atoms with E-state index >= 15 is 0 Å². The summed E-state index contributed by atoms with van der Waals surface area (Å²) in [5.41, 5.74) is 9.12. The molecule has 2 N–H and O–H groups in total. The summed E-state index contributed by atoms with van der Waals surface area (Å²) in [5, 5.41) is 0. The second-order valence-electron chi connectivity index (χ2n) is 4.79. The first kappa shape index (κ1) is 11.8. The van der Waals surface area contributed by atoms with Gasteiger partial charge in [-0.1, -0.05) is 54.6 Å². The molecule has 1 atom stereocenters. The lowest BCUT2D eigenvalue weighted by molar-refractivity contribution is 0.190. The Hall–Kier alpha value is -2.29. The molecule has 0 fully saturated rings. The molecule has 0 radical (unpaired) electrons. The normalized spacial score (nSPS) is 17.9. The fourth-order valence-electron chi connectivity index (χ4n) is 2.80. The molecule has 1 unspecified atom stereocenters. The molecule has 2 amide bonds. The third-order valence-corrected chi connectivity index (χ3v) is 3.68. The Labute approximate surface area is 112 Å². The van der Waals surface area contributed by atoms with Crippen LogP contribution < -0.4 is 5.73 Å². The fraction of sp³-hybridized carbons (Fsp3) is 0.188. The van der Waals surface area contributed by atoms with Gasteiger partial charge in [-0.15, -0.1) is 0 Å². The van der Waals surface area contributed by atoms with Crippen LogP contribution in [-0.4, -0.2) is 17.5 Å². The number of hydrogen-bond donors (Lipinski definition) is 1. The number of primary amides is 1. The van der Waals surface area contributed by atoms with Crippen LogP contribution >= 0.6 is 0 Å². The quantitative estimate of drug-likeness (QED) is 0.833. The van der Waals surface area contributed by atoms with Crippen molar-refractivity contribution in [2.45, 2.75) is 12.5 Å². The summed E-state index contributed by atoms with van der Waals surface area (Å²) < 4.78 is 0. The highest BCUT2D eigenvalue weighted by atomic mass is 16.2. The largest absolute Gasteiger partial charge is 0.351 e. The standard InChI is InChI=1S/C16H16N2O/c17-16(19)18-11-10-12-6-4-5-9-14(12)15(18)13-7-2-1-3-8-13/h1-9,15H,10-11H2,(H2,17,19). The molecule has 2 aromatic rings. The SMILES string of the molecule is NC(=O)N1CCc2ccccc2C1c1ccccc1. The maximum atomic E-state index is 11.7. The van der Waals surface area contributed by atoms with Gasteiger partial charge in [0.25, 0.3) is 0 Å². The smallest absolute Gasteiger partial charge is 0.315 e. The highest BCUT2D eigenvalue weighted by Gasteiger charge is 2.30. The zero-order valence-corrected chi connectivity index (χ0v) is 10.6. The van der Waals surface area contributed by atoms with Crippen molar-refractivity contribution in [1.29, 1.82) is 0 Å². The topological polar surface area (TPSA) is 46.3 Å².